The Kier molecular flexibility index (Phi) is 6.53. The highest BCUT2D eigenvalue weighted by molar-refractivity contribution is 6.33. The monoisotopic (exact) mass is 426 g/mol. The Morgan fingerprint density at radius 2 is 1.76 bits per heavy atom. The van der Waals surface area contributed by atoms with Gasteiger partial charge in [0.25, 0.3) is 0 Å². The third-order valence-electron chi connectivity index (χ3n) is 5.20. The summed E-state index contributed by atoms with van der Waals surface area (Å²) in [5.41, 5.74) is 2.80. The van der Waals surface area contributed by atoms with Gasteiger partial charge in [0.2, 0.25) is 0 Å². The van der Waals surface area contributed by atoms with Crippen LogP contribution >= 0.6 is 23.2 Å². The minimum atomic E-state index is 0.490. The molecule has 0 aliphatic heterocycles. The van der Waals surface area contributed by atoms with E-state index in [1.165, 1.54) is 32.1 Å². The highest BCUT2D eigenvalue weighted by atomic mass is 35.5. The van der Waals surface area contributed by atoms with Crippen molar-refractivity contribution >= 4 is 34.8 Å². The van der Waals surface area contributed by atoms with Crippen molar-refractivity contribution in [3.63, 3.8) is 0 Å². The first-order chi connectivity index (χ1) is 14.2. The Morgan fingerprint density at radius 1 is 0.931 bits per heavy atom. The fraction of sp³-hybridized carbons (Fsp3) is 0.304. The Bertz CT molecular complexity index is 971. The van der Waals surface area contributed by atoms with Gasteiger partial charge in [-0.05, 0) is 48.7 Å². The average Bonchev–Trinajstić information content (AvgIpc) is 2.75. The van der Waals surface area contributed by atoms with Gasteiger partial charge >= 0.3 is 0 Å². The van der Waals surface area contributed by atoms with Crippen molar-refractivity contribution in [1.82, 2.24) is 9.97 Å². The first kappa shape index (κ1) is 20.0. The molecular weight excluding hydrogens is 403 g/mol. The number of rotatable bonds is 6. The van der Waals surface area contributed by atoms with E-state index < -0.39 is 0 Å². The van der Waals surface area contributed by atoms with Crippen molar-refractivity contribution in [2.75, 3.05) is 10.6 Å². The van der Waals surface area contributed by atoms with Crippen LogP contribution in [0.3, 0.4) is 0 Å². The molecule has 2 aromatic heterocycles. The molecule has 1 aromatic carbocycles. The number of halogens is 2. The lowest BCUT2D eigenvalue weighted by molar-refractivity contribution is 0.462. The molecule has 0 saturated heterocycles. The van der Waals surface area contributed by atoms with Crippen molar-refractivity contribution in [3.05, 3.63) is 70.3 Å². The molecule has 2 N–H and O–H groups in total. The van der Waals surface area contributed by atoms with Crippen LogP contribution in [0.4, 0.5) is 11.6 Å². The molecule has 0 radical (unpaired) electrons. The Hall–Kier alpha value is -2.30. The SMILES string of the molecule is Clc1cccc(CNc2cccc(-c3cc(NC4CCCCC4)ncc3Cl)n2)c1. The zero-order valence-electron chi connectivity index (χ0n) is 16.2. The summed E-state index contributed by atoms with van der Waals surface area (Å²) in [6.07, 6.45) is 7.98. The molecule has 3 aromatic rings. The smallest absolute Gasteiger partial charge is 0.126 e. The quantitative estimate of drug-likeness (QED) is 0.454. The summed E-state index contributed by atoms with van der Waals surface area (Å²) in [6.45, 7) is 0.648. The van der Waals surface area contributed by atoms with E-state index >= 15 is 0 Å². The molecule has 0 spiro atoms. The topological polar surface area (TPSA) is 49.8 Å². The van der Waals surface area contributed by atoms with Crippen LogP contribution in [0.2, 0.25) is 10.0 Å². The van der Waals surface area contributed by atoms with Crippen LogP contribution in [-0.4, -0.2) is 16.0 Å². The molecule has 4 nitrogen and oxygen atoms in total. The number of aromatic nitrogens is 2. The average molecular weight is 427 g/mol. The molecular formula is C23H24Cl2N4. The standard InChI is InChI=1S/C23H24Cl2N4/c24-17-7-4-6-16(12-17)14-26-22-11-5-10-21(29-22)19-13-23(27-15-20(19)25)28-18-8-2-1-3-9-18/h4-7,10-13,15,18H,1-3,8-9,14H2,(H,26,29)(H,27,28). The van der Waals surface area contributed by atoms with Gasteiger partial charge < -0.3 is 10.6 Å². The number of pyridine rings is 2. The van der Waals surface area contributed by atoms with Crippen LogP contribution in [0, 0.1) is 0 Å². The number of nitrogens with zero attached hydrogens (tertiary/aromatic N) is 2. The van der Waals surface area contributed by atoms with Crippen LogP contribution in [-0.2, 0) is 6.54 Å². The second-order valence-corrected chi connectivity index (χ2v) is 8.26. The molecule has 0 unspecified atom stereocenters. The summed E-state index contributed by atoms with van der Waals surface area (Å²) in [4.78, 5) is 9.21. The molecule has 0 amide bonds. The number of hydrogen-bond donors (Lipinski definition) is 2. The number of benzene rings is 1. The van der Waals surface area contributed by atoms with E-state index in [1.54, 1.807) is 6.20 Å². The zero-order valence-corrected chi connectivity index (χ0v) is 17.7. The third kappa shape index (κ3) is 5.40. The van der Waals surface area contributed by atoms with Gasteiger partial charge in [-0.3, -0.25) is 0 Å². The van der Waals surface area contributed by atoms with Crippen molar-refractivity contribution in [2.45, 2.75) is 44.7 Å². The largest absolute Gasteiger partial charge is 0.367 e. The van der Waals surface area contributed by atoms with E-state index in [9.17, 15) is 0 Å². The first-order valence-corrected chi connectivity index (χ1v) is 10.8. The number of nitrogens with one attached hydrogen (secondary N) is 2. The molecule has 0 atom stereocenters. The van der Waals surface area contributed by atoms with Crippen LogP contribution in [0.15, 0.2) is 54.7 Å². The maximum absolute atomic E-state index is 6.45. The van der Waals surface area contributed by atoms with Gasteiger partial charge in [0.15, 0.2) is 0 Å². The van der Waals surface area contributed by atoms with Crippen molar-refractivity contribution in [3.8, 4) is 11.3 Å². The Labute approximate surface area is 181 Å². The summed E-state index contributed by atoms with van der Waals surface area (Å²) in [7, 11) is 0. The van der Waals surface area contributed by atoms with Gasteiger partial charge in [-0.15, -0.1) is 0 Å². The van der Waals surface area contributed by atoms with E-state index in [2.05, 4.69) is 15.6 Å². The van der Waals surface area contributed by atoms with Crippen molar-refractivity contribution < 1.29 is 0 Å². The molecule has 0 bridgehead atoms. The predicted molar refractivity (Wildman–Crippen MR) is 122 cm³/mol. The minimum Gasteiger partial charge on any atom is -0.367 e. The van der Waals surface area contributed by atoms with Crippen LogP contribution in [0.5, 0.6) is 0 Å². The second-order valence-electron chi connectivity index (χ2n) is 7.42. The molecule has 29 heavy (non-hydrogen) atoms. The van der Waals surface area contributed by atoms with Gasteiger partial charge in [-0.2, -0.15) is 0 Å². The fourth-order valence-corrected chi connectivity index (χ4v) is 4.11. The molecule has 1 aliphatic carbocycles. The Morgan fingerprint density at radius 3 is 2.59 bits per heavy atom. The summed E-state index contributed by atoms with van der Waals surface area (Å²) in [5.74, 6) is 1.65. The zero-order chi connectivity index (χ0) is 20.1. The predicted octanol–water partition coefficient (Wildman–Crippen LogP) is 6.81. The molecule has 1 fully saturated rings. The summed E-state index contributed by atoms with van der Waals surface area (Å²) in [5, 5.41) is 8.24. The summed E-state index contributed by atoms with van der Waals surface area (Å²) >= 11 is 12.5. The van der Waals surface area contributed by atoms with E-state index in [4.69, 9.17) is 28.2 Å². The maximum Gasteiger partial charge on any atom is 0.126 e. The molecule has 1 saturated carbocycles. The highest BCUT2D eigenvalue weighted by Crippen LogP contribution is 2.30. The fourth-order valence-electron chi connectivity index (χ4n) is 3.69. The van der Waals surface area contributed by atoms with Gasteiger partial charge in [0, 0.05) is 29.4 Å². The summed E-state index contributed by atoms with van der Waals surface area (Å²) < 4.78 is 0. The lowest BCUT2D eigenvalue weighted by Gasteiger charge is -2.23. The Balaban J connectivity index is 1.50. The van der Waals surface area contributed by atoms with Crippen molar-refractivity contribution in [2.24, 2.45) is 0 Å². The van der Waals surface area contributed by atoms with Crippen LogP contribution < -0.4 is 10.6 Å². The van der Waals surface area contributed by atoms with E-state index in [0.717, 1.165) is 33.5 Å². The normalized spacial score (nSPS) is 14.6. The van der Waals surface area contributed by atoms with Crippen molar-refractivity contribution in [1.29, 1.82) is 0 Å². The minimum absolute atomic E-state index is 0.490. The molecule has 1 aliphatic rings. The lowest BCUT2D eigenvalue weighted by atomic mass is 9.95. The van der Waals surface area contributed by atoms with E-state index in [-0.39, 0.29) is 0 Å². The van der Waals surface area contributed by atoms with Gasteiger partial charge in [-0.1, -0.05) is 60.7 Å². The van der Waals surface area contributed by atoms with Gasteiger partial charge in [0.05, 0.1) is 10.7 Å². The number of anilines is 2. The first-order valence-electron chi connectivity index (χ1n) is 10.1. The lowest BCUT2D eigenvalue weighted by Crippen LogP contribution is -2.22. The van der Waals surface area contributed by atoms with Gasteiger partial charge in [-0.25, -0.2) is 9.97 Å². The molecule has 2 heterocycles. The number of hydrogen-bond acceptors (Lipinski definition) is 4. The molecule has 6 heteroatoms. The van der Waals surface area contributed by atoms with Crippen LogP contribution in [0.25, 0.3) is 11.3 Å². The maximum atomic E-state index is 6.45. The van der Waals surface area contributed by atoms with Crippen LogP contribution in [0.1, 0.15) is 37.7 Å². The highest BCUT2D eigenvalue weighted by Gasteiger charge is 2.15. The van der Waals surface area contributed by atoms with Gasteiger partial charge in [0.1, 0.15) is 11.6 Å². The van der Waals surface area contributed by atoms with E-state index in [1.807, 2.05) is 48.5 Å². The third-order valence-corrected chi connectivity index (χ3v) is 5.74. The van der Waals surface area contributed by atoms with E-state index in [0.29, 0.717) is 17.6 Å². The molecule has 4 rings (SSSR count). The molecule has 150 valence electrons. The summed E-state index contributed by atoms with van der Waals surface area (Å²) in [6, 6.07) is 16.2. The second kappa shape index (κ2) is 9.47.